The summed E-state index contributed by atoms with van der Waals surface area (Å²) in [7, 11) is 0. The zero-order valence-corrected chi connectivity index (χ0v) is 8.88. The molecule has 1 saturated carbocycles. The Balaban J connectivity index is 1.87. The van der Waals surface area contributed by atoms with Gasteiger partial charge < -0.3 is 10.6 Å². The molecule has 3 nitrogen and oxygen atoms in total. The minimum atomic E-state index is 0.276. The van der Waals surface area contributed by atoms with Crippen molar-refractivity contribution in [3.8, 4) is 0 Å². The third kappa shape index (κ3) is 1.92. The highest BCUT2D eigenvalue weighted by Crippen LogP contribution is 2.34. The summed E-state index contributed by atoms with van der Waals surface area (Å²) in [6, 6.07) is 0.709. The highest BCUT2D eigenvalue weighted by molar-refractivity contribution is 5.78. The zero-order chi connectivity index (χ0) is 9.97. The maximum Gasteiger partial charge on any atom is 0.223 e. The van der Waals surface area contributed by atoms with Gasteiger partial charge in [0.25, 0.3) is 0 Å². The Hall–Kier alpha value is -0.570. The van der Waals surface area contributed by atoms with Crippen molar-refractivity contribution in [1.82, 2.24) is 10.6 Å². The molecule has 1 saturated heterocycles. The molecule has 0 aromatic rings. The number of amides is 1. The van der Waals surface area contributed by atoms with Gasteiger partial charge in [-0.05, 0) is 45.1 Å². The van der Waals surface area contributed by atoms with Crippen molar-refractivity contribution in [3.63, 3.8) is 0 Å². The lowest BCUT2D eigenvalue weighted by atomic mass is 9.78. The van der Waals surface area contributed by atoms with Crippen LogP contribution >= 0.6 is 0 Å². The average Bonchev–Trinajstić information content (AvgIpc) is 2.64. The van der Waals surface area contributed by atoms with E-state index in [0.29, 0.717) is 6.04 Å². The summed E-state index contributed by atoms with van der Waals surface area (Å²) in [4.78, 5) is 11.7. The van der Waals surface area contributed by atoms with E-state index in [4.69, 9.17) is 0 Å². The SMILES string of the molecule is CCNC(=O)C1CCC2NCCC2C1. The third-order valence-electron chi connectivity index (χ3n) is 3.63. The van der Waals surface area contributed by atoms with Crippen LogP contribution in [0.5, 0.6) is 0 Å². The molecule has 0 aromatic carbocycles. The molecule has 3 unspecified atom stereocenters. The fourth-order valence-corrected chi connectivity index (χ4v) is 2.86. The fourth-order valence-electron chi connectivity index (χ4n) is 2.86. The molecular formula is C11H20N2O. The Kier molecular flexibility index (Phi) is 3.06. The molecule has 0 bridgehead atoms. The van der Waals surface area contributed by atoms with Gasteiger partial charge in [0.15, 0.2) is 0 Å². The van der Waals surface area contributed by atoms with E-state index < -0.39 is 0 Å². The topological polar surface area (TPSA) is 41.1 Å². The molecule has 2 aliphatic rings. The summed E-state index contributed by atoms with van der Waals surface area (Å²) in [5.74, 6) is 1.32. The van der Waals surface area contributed by atoms with E-state index in [2.05, 4.69) is 10.6 Å². The summed E-state index contributed by atoms with van der Waals surface area (Å²) in [6.07, 6.45) is 4.62. The van der Waals surface area contributed by atoms with Crippen LogP contribution in [0.1, 0.15) is 32.6 Å². The highest BCUT2D eigenvalue weighted by Gasteiger charge is 2.35. The van der Waals surface area contributed by atoms with Crippen LogP contribution in [-0.2, 0) is 4.79 Å². The van der Waals surface area contributed by atoms with E-state index >= 15 is 0 Å². The lowest BCUT2D eigenvalue weighted by Gasteiger charge is -2.30. The van der Waals surface area contributed by atoms with Crippen LogP contribution < -0.4 is 10.6 Å². The Morgan fingerprint density at radius 3 is 3.07 bits per heavy atom. The van der Waals surface area contributed by atoms with Crippen molar-refractivity contribution in [2.24, 2.45) is 11.8 Å². The lowest BCUT2D eigenvalue weighted by Crippen LogP contribution is -2.39. The molecule has 1 heterocycles. The summed E-state index contributed by atoms with van der Waals surface area (Å²) >= 11 is 0. The number of rotatable bonds is 2. The van der Waals surface area contributed by atoms with Crippen molar-refractivity contribution in [1.29, 1.82) is 0 Å². The quantitative estimate of drug-likeness (QED) is 0.689. The zero-order valence-electron chi connectivity index (χ0n) is 8.88. The van der Waals surface area contributed by atoms with Gasteiger partial charge in [-0.15, -0.1) is 0 Å². The van der Waals surface area contributed by atoms with E-state index in [1.807, 2.05) is 6.92 Å². The maximum atomic E-state index is 11.7. The van der Waals surface area contributed by atoms with Crippen LogP contribution in [0.3, 0.4) is 0 Å². The fraction of sp³-hybridized carbons (Fsp3) is 0.909. The summed E-state index contributed by atoms with van der Waals surface area (Å²) in [5, 5.41) is 6.45. The second kappa shape index (κ2) is 4.30. The Labute approximate surface area is 85.6 Å². The first-order valence-corrected chi connectivity index (χ1v) is 5.82. The van der Waals surface area contributed by atoms with Crippen molar-refractivity contribution in [3.05, 3.63) is 0 Å². The average molecular weight is 196 g/mol. The molecule has 0 spiro atoms. The van der Waals surface area contributed by atoms with E-state index in [0.717, 1.165) is 31.8 Å². The Bertz CT molecular complexity index is 217. The van der Waals surface area contributed by atoms with Crippen molar-refractivity contribution >= 4 is 5.91 Å². The molecule has 0 radical (unpaired) electrons. The monoisotopic (exact) mass is 196 g/mol. The largest absolute Gasteiger partial charge is 0.356 e. The smallest absolute Gasteiger partial charge is 0.223 e. The van der Waals surface area contributed by atoms with Crippen LogP contribution in [0, 0.1) is 11.8 Å². The van der Waals surface area contributed by atoms with E-state index in [9.17, 15) is 4.79 Å². The summed E-state index contributed by atoms with van der Waals surface area (Å²) in [5.41, 5.74) is 0. The molecule has 0 aromatic heterocycles. The van der Waals surface area contributed by atoms with Crippen LogP contribution in [0.4, 0.5) is 0 Å². The second-order valence-corrected chi connectivity index (χ2v) is 4.51. The molecule has 3 heteroatoms. The van der Waals surface area contributed by atoms with Crippen LogP contribution in [0.2, 0.25) is 0 Å². The van der Waals surface area contributed by atoms with E-state index in [1.165, 1.54) is 12.8 Å². The van der Waals surface area contributed by atoms with Gasteiger partial charge in [0.1, 0.15) is 0 Å². The van der Waals surface area contributed by atoms with Crippen LogP contribution in [-0.4, -0.2) is 25.0 Å². The number of fused-ring (bicyclic) bond motifs is 1. The number of hydrogen-bond acceptors (Lipinski definition) is 2. The molecule has 80 valence electrons. The minimum absolute atomic E-state index is 0.276. The molecule has 14 heavy (non-hydrogen) atoms. The van der Waals surface area contributed by atoms with Gasteiger partial charge in [-0.3, -0.25) is 4.79 Å². The van der Waals surface area contributed by atoms with E-state index in [-0.39, 0.29) is 11.8 Å². The first kappa shape index (κ1) is 9.97. The predicted octanol–water partition coefficient (Wildman–Crippen LogP) is 0.901. The first-order valence-electron chi connectivity index (χ1n) is 5.82. The lowest BCUT2D eigenvalue weighted by molar-refractivity contribution is -0.126. The summed E-state index contributed by atoms with van der Waals surface area (Å²) in [6.45, 7) is 3.90. The van der Waals surface area contributed by atoms with Gasteiger partial charge in [0.05, 0.1) is 0 Å². The molecule has 3 atom stereocenters. The number of carbonyl (C=O) groups is 1. The second-order valence-electron chi connectivity index (χ2n) is 4.51. The van der Waals surface area contributed by atoms with Gasteiger partial charge in [-0.1, -0.05) is 0 Å². The van der Waals surface area contributed by atoms with Crippen molar-refractivity contribution in [2.75, 3.05) is 13.1 Å². The Morgan fingerprint density at radius 1 is 1.43 bits per heavy atom. The first-order chi connectivity index (χ1) is 6.81. The predicted molar refractivity (Wildman–Crippen MR) is 55.9 cm³/mol. The molecule has 1 aliphatic heterocycles. The van der Waals surface area contributed by atoms with Gasteiger partial charge >= 0.3 is 0 Å². The maximum absolute atomic E-state index is 11.7. The molecule has 2 N–H and O–H groups in total. The normalized spacial score (nSPS) is 36.5. The van der Waals surface area contributed by atoms with Crippen molar-refractivity contribution < 1.29 is 4.79 Å². The highest BCUT2D eigenvalue weighted by atomic mass is 16.1. The van der Waals surface area contributed by atoms with E-state index in [1.54, 1.807) is 0 Å². The standard InChI is InChI=1S/C11H20N2O/c1-2-12-11(14)9-3-4-10-8(7-9)5-6-13-10/h8-10,13H,2-7H2,1H3,(H,12,14). The number of nitrogens with one attached hydrogen (secondary N) is 2. The minimum Gasteiger partial charge on any atom is -0.356 e. The molecule has 1 aliphatic carbocycles. The molecule has 1 amide bonds. The molecular weight excluding hydrogens is 176 g/mol. The van der Waals surface area contributed by atoms with Crippen LogP contribution in [0.25, 0.3) is 0 Å². The molecule has 2 rings (SSSR count). The number of hydrogen-bond donors (Lipinski definition) is 2. The van der Waals surface area contributed by atoms with Gasteiger partial charge in [0, 0.05) is 18.5 Å². The molecule has 2 fully saturated rings. The third-order valence-corrected chi connectivity index (χ3v) is 3.63. The summed E-state index contributed by atoms with van der Waals surface area (Å²) < 4.78 is 0. The number of carbonyl (C=O) groups excluding carboxylic acids is 1. The van der Waals surface area contributed by atoms with Gasteiger partial charge in [0.2, 0.25) is 5.91 Å². The van der Waals surface area contributed by atoms with Crippen molar-refractivity contribution in [2.45, 2.75) is 38.6 Å². The van der Waals surface area contributed by atoms with Gasteiger partial charge in [-0.2, -0.15) is 0 Å². The Morgan fingerprint density at radius 2 is 2.29 bits per heavy atom. The van der Waals surface area contributed by atoms with Crippen LogP contribution in [0.15, 0.2) is 0 Å². The van der Waals surface area contributed by atoms with Gasteiger partial charge in [-0.25, -0.2) is 0 Å².